The summed E-state index contributed by atoms with van der Waals surface area (Å²) in [6.07, 6.45) is 2.78. The highest BCUT2D eigenvalue weighted by molar-refractivity contribution is 6.09. The Balaban J connectivity index is 1.36. The van der Waals surface area contributed by atoms with Crippen LogP contribution < -0.4 is 15.3 Å². The maximum absolute atomic E-state index is 12.6. The van der Waals surface area contributed by atoms with Crippen LogP contribution in [0.3, 0.4) is 0 Å². The summed E-state index contributed by atoms with van der Waals surface area (Å²) < 4.78 is 14.4. The van der Waals surface area contributed by atoms with Gasteiger partial charge in [-0.25, -0.2) is 4.79 Å². The van der Waals surface area contributed by atoms with Crippen LogP contribution >= 0.6 is 0 Å². The van der Waals surface area contributed by atoms with Gasteiger partial charge in [0, 0.05) is 45.0 Å². The van der Waals surface area contributed by atoms with Crippen molar-refractivity contribution in [2.45, 2.75) is 39.3 Å². The predicted octanol–water partition coefficient (Wildman–Crippen LogP) is 5.77. The first-order chi connectivity index (χ1) is 16.2. The van der Waals surface area contributed by atoms with Gasteiger partial charge in [-0.1, -0.05) is 18.2 Å². The van der Waals surface area contributed by atoms with Gasteiger partial charge in [0.15, 0.2) is 6.73 Å². The first-order valence-electron chi connectivity index (χ1n) is 11.7. The van der Waals surface area contributed by atoms with E-state index in [1.807, 2.05) is 6.07 Å². The van der Waals surface area contributed by atoms with Gasteiger partial charge in [0.05, 0.1) is 12.1 Å². The number of benzene rings is 3. The molecule has 5 nitrogen and oxygen atoms in total. The molecule has 3 aromatic carbocycles. The Bertz CT molecular complexity index is 1640. The van der Waals surface area contributed by atoms with E-state index in [0.717, 1.165) is 59.3 Å². The van der Waals surface area contributed by atoms with Gasteiger partial charge in [-0.3, -0.25) is 0 Å². The molecule has 0 saturated carbocycles. The minimum atomic E-state index is -0.186. The second-order valence-electron chi connectivity index (χ2n) is 9.05. The monoisotopic (exact) mass is 436 g/mol. The van der Waals surface area contributed by atoms with E-state index in [1.54, 1.807) is 0 Å². The lowest BCUT2D eigenvalue weighted by atomic mass is 10.0. The van der Waals surface area contributed by atoms with Crippen LogP contribution in [0.4, 0.5) is 5.69 Å². The molecule has 0 bridgehead atoms. The van der Waals surface area contributed by atoms with E-state index in [9.17, 15) is 4.79 Å². The fourth-order valence-electron chi connectivity index (χ4n) is 5.80. The van der Waals surface area contributed by atoms with Gasteiger partial charge in [0.25, 0.3) is 0 Å². The molecular formula is C28H24N2O3. The Labute approximate surface area is 190 Å². The van der Waals surface area contributed by atoms with Crippen molar-refractivity contribution in [2.24, 2.45) is 0 Å². The summed E-state index contributed by atoms with van der Waals surface area (Å²) in [7, 11) is 0. The van der Waals surface area contributed by atoms with Crippen LogP contribution in [0.1, 0.15) is 30.0 Å². The van der Waals surface area contributed by atoms with Gasteiger partial charge >= 0.3 is 5.63 Å². The molecule has 0 radical (unpaired) electrons. The van der Waals surface area contributed by atoms with Crippen molar-refractivity contribution in [1.29, 1.82) is 0 Å². The summed E-state index contributed by atoms with van der Waals surface area (Å²) in [5.41, 5.74) is 7.08. The van der Waals surface area contributed by atoms with Crippen molar-refractivity contribution < 1.29 is 9.15 Å². The third kappa shape index (κ3) is 2.62. The van der Waals surface area contributed by atoms with E-state index in [1.165, 1.54) is 21.8 Å². The van der Waals surface area contributed by atoms with Crippen molar-refractivity contribution >= 4 is 38.5 Å². The molecule has 1 aliphatic carbocycles. The molecule has 5 aromatic rings. The number of rotatable bonds is 2. The maximum Gasteiger partial charge on any atom is 0.339 e. The number of fused-ring (bicyclic) bond motifs is 8. The van der Waals surface area contributed by atoms with Gasteiger partial charge in [0.2, 0.25) is 0 Å². The smallest absolute Gasteiger partial charge is 0.339 e. The van der Waals surface area contributed by atoms with Crippen LogP contribution in [-0.2, 0) is 25.9 Å². The van der Waals surface area contributed by atoms with Crippen LogP contribution in [0.15, 0.2) is 63.8 Å². The Hall–Kier alpha value is -3.73. The van der Waals surface area contributed by atoms with E-state index in [-0.39, 0.29) is 5.63 Å². The quantitative estimate of drug-likeness (QED) is 0.330. The Morgan fingerprint density at radius 2 is 1.73 bits per heavy atom. The van der Waals surface area contributed by atoms with E-state index in [2.05, 4.69) is 64.9 Å². The van der Waals surface area contributed by atoms with Crippen molar-refractivity contribution in [1.82, 2.24) is 4.57 Å². The molecule has 0 N–H and O–H groups in total. The summed E-state index contributed by atoms with van der Waals surface area (Å²) in [5.74, 6) is 0.809. The molecule has 2 aromatic heterocycles. The minimum absolute atomic E-state index is 0.186. The summed E-state index contributed by atoms with van der Waals surface area (Å²) in [6, 6.07) is 19.3. The Kier molecular flexibility index (Phi) is 3.92. The molecule has 7 rings (SSSR count). The second kappa shape index (κ2) is 6.88. The number of ether oxygens (including phenoxy) is 1. The first kappa shape index (κ1) is 18.8. The fourth-order valence-corrected chi connectivity index (χ4v) is 5.80. The summed E-state index contributed by atoms with van der Waals surface area (Å²) in [6.45, 7) is 4.22. The molecule has 2 aliphatic rings. The highest BCUT2D eigenvalue weighted by Gasteiger charge is 2.26. The Morgan fingerprint density at radius 1 is 0.879 bits per heavy atom. The molecular weight excluding hydrogens is 412 g/mol. The largest absolute Gasteiger partial charge is 0.473 e. The molecule has 0 fully saturated rings. The molecule has 0 atom stereocenters. The maximum atomic E-state index is 12.6. The standard InChI is InChI=1S/C28H24N2O3/c1-2-30-24-9-4-3-6-19(24)22-14-17(10-12-25(22)30)29-15-23-26(32-16-29)13-11-20-18-7-5-8-21(18)28(31)33-27(20)23/h3-4,6,9-14H,2,5,7-8,15-16H2,1H3. The van der Waals surface area contributed by atoms with Crippen molar-refractivity contribution in [2.75, 3.05) is 11.6 Å². The SMILES string of the molecule is CCn1c2ccccc2c2cc(N3COc4ccc5c6c(c(=O)oc5c4C3)CCC6)ccc21. The van der Waals surface area contributed by atoms with Gasteiger partial charge in [-0.05, 0) is 68.1 Å². The highest BCUT2D eigenvalue weighted by Crippen LogP contribution is 2.38. The zero-order chi connectivity index (χ0) is 22.1. The number of aryl methyl sites for hydroxylation is 2. The molecule has 0 amide bonds. The summed E-state index contributed by atoms with van der Waals surface area (Å²) in [4.78, 5) is 14.9. The molecule has 164 valence electrons. The number of nitrogens with zero attached hydrogens (tertiary/aromatic N) is 2. The average molecular weight is 437 g/mol. The normalized spacial score (nSPS) is 15.2. The number of hydrogen-bond acceptors (Lipinski definition) is 4. The van der Waals surface area contributed by atoms with Gasteiger partial charge in [0.1, 0.15) is 11.3 Å². The van der Waals surface area contributed by atoms with Crippen molar-refractivity contribution in [3.8, 4) is 5.75 Å². The predicted molar refractivity (Wildman–Crippen MR) is 131 cm³/mol. The third-order valence-corrected chi connectivity index (χ3v) is 7.36. The van der Waals surface area contributed by atoms with Gasteiger partial charge < -0.3 is 18.6 Å². The van der Waals surface area contributed by atoms with E-state index in [0.29, 0.717) is 18.9 Å². The number of anilines is 1. The lowest BCUT2D eigenvalue weighted by Crippen LogP contribution is -2.32. The number of aromatic nitrogens is 1. The molecule has 0 saturated heterocycles. The fraction of sp³-hybridized carbons (Fsp3) is 0.250. The summed E-state index contributed by atoms with van der Waals surface area (Å²) in [5, 5.41) is 3.58. The lowest BCUT2D eigenvalue weighted by molar-refractivity contribution is 0.289. The highest BCUT2D eigenvalue weighted by atomic mass is 16.5. The van der Waals surface area contributed by atoms with Crippen LogP contribution in [0.2, 0.25) is 0 Å². The lowest BCUT2D eigenvalue weighted by Gasteiger charge is -2.31. The van der Waals surface area contributed by atoms with E-state index < -0.39 is 0 Å². The average Bonchev–Trinajstić information content (AvgIpc) is 3.47. The van der Waals surface area contributed by atoms with Crippen LogP contribution in [0.5, 0.6) is 5.75 Å². The molecule has 0 unspecified atom stereocenters. The zero-order valence-corrected chi connectivity index (χ0v) is 18.6. The molecule has 1 aliphatic heterocycles. The molecule has 3 heterocycles. The molecule has 0 spiro atoms. The van der Waals surface area contributed by atoms with Crippen molar-refractivity contribution in [3.63, 3.8) is 0 Å². The first-order valence-corrected chi connectivity index (χ1v) is 11.7. The zero-order valence-electron chi connectivity index (χ0n) is 18.6. The number of para-hydroxylation sites is 1. The van der Waals surface area contributed by atoms with Crippen LogP contribution in [0.25, 0.3) is 32.8 Å². The van der Waals surface area contributed by atoms with Gasteiger partial charge in [-0.15, -0.1) is 0 Å². The molecule has 33 heavy (non-hydrogen) atoms. The second-order valence-corrected chi connectivity index (χ2v) is 9.05. The van der Waals surface area contributed by atoms with Crippen LogP contribution in [-0.4, -0.2) is 11.3 Å². The summed E-state index contributed by atoms with van der Waals surface area (Å²) >= 11 is 0. The van der Waals surface area contributed by atoms with Gasteiger partial charge in [-0.2, -0.15) is 0 Å². The Morgan fingerprint density at radius 3 is 2.64 bits per heavy atom. The minimum Gasteiger partial charge on any atom is -0.473 e. The van der Waals surface area contributed by atoms with E-state index in [4.69, 9.17) is 9.15 Å². The third-order valence-electron chi connectivity index (χ3n) is 7.36. The van der Waals surface area contributed by atoms with E-state index >= 15 is 0 Å². The van der Waals surface area contributed by atoms with Crippen molar-refractivity contribution in [3.05, 3.63) is 81.7 Å². The topological polar surface area (TPSA) is 47.6 Å². The number of hydrogen-bond donors (Lipinski definition) is 0. The van der Waals surface area contributed by atoms with Crippen LogP contribution in [0, 0.1) is 0 Å². The molecule has 5 heteroatoms.